The lowest BCUT2D eigenvalue weighted by Gasteiger charge is -2.21. The highest BCUT2D eigenvalue weighted by Crippen LogP contribution is 2.39. The van der Waals surface area contributed by atoms with Crippen LogP contribution in [0, 0.1) is 0 Å². The number of benzene rings is 1. The van der Waals surface area contributed by atoms with E-state index in [1.807, 2.05) is 12.4 Å². The lowest BCUT2D eigenvalue weighted by molar-refractivity contribution is 0.187. The normalized spacial score (nSPS) is 19.0. The molecular weight excluding hydrogens is 452 g/mol. The van der Waals surface area contributed by atoms with Crippen molar-refractivity contribution in [2.75, 3.05) is 24.2 Å². The Balaban J connectivity index is 1.22. The third-order valence-electron chi connectivity index (χ3n) is 6.40. The van der Waals surface area contributed by atoms with Gasteiger partial charge in [0.1, 0.15) is 11.9 Å². The summed E-state index contributed by atoms with van der Waals surface area (Å²) in [5.41, 5.74) is 1.60. The quantitative estimate of drug-likeness (QED) is 0.534. The largest absolute Gasteiger partial charge is 0.490 e. The molecule has 1 aliphatic heterocycles. The van der Waals surface area contributed by atoms with E-state index in [0.717, 1.165) is 44.6 Å². The van der Waals surface area contributed by atoms with Gasteiger partial charge in [-0.3, -0.25) is 9.36 Å². The van der Waals surface area contributed by atoms with E-state index in [2.05, 4.69) is 14.9 Å². The maximum Gasteiger partial charge on any atom is 0.258 e. The van der Waals surface area contributed by atoms with Gasteiger partial charge in [0, 0.05) is 56.1 Å². The lowest BCUT2D eigenvalue weighted by Crippen LogP contribution is -2.27. The molecule has 34 heavy (non-hydrogen) atoms. The Morgan fingerprint density at radius 3 is 2.35 bits per heavy atom. The topological polar surface area (TPSA) is 94.4 Å². The number of sulfone groups is 1. The molecular formula is C25H28N4O4S. The molecule has 1 saturated heterocycles. The first kappa shape index (κ1) is 22.6. The Bertz CT molecular complexity index is 1320. The molecule has 1 saturated carbocycles. The maximum atomic E-state index is 12.7. The minimum atomic E-state index is -3.28. The molecule has 1 aliphatic carbocycles. The van der Waals surface area contributed by atoms with Gasteiger partial charge in [0.25, 0.3) is 5.56 Å². The maximum absolute atomic E-state index is 12.7. The molecule has 2 fully saturated rings. The molecule has 2 aliphatic rings. The molecule has 5 rings (SSSR count). The standard InChI is InChI=1S/C25H28N4O4S/c1-34(31,32)23-8-6-20(7-9-23)29-14-11-22(15-24(29)30)33-21-3-2-12-28(13-10-21)25-26-16-19(17-27-25)18-4-5-18/h6-9,11,14-18,21H,2-5,10,12-13H2,1H3. The van der Waals surface area contributed by atoms with Crippen LogP contribution in [-0.2, 0) is 9.84 Å². The SMILES string of the molecule is CS(=O)(=O)c1ccc(-n2ccc(OC3CCCN(c4ncc(C5CC5)cn4)CC3)cc2=O)cc1. The number of hydrogen-bond donors (Lipinski definition) is 0. The fourth-order valence-electron chi connectivity index (χ4n) is 4.30. The molecule has 8 nitrogen and oxygen atoms in total. The number of nitrogens with zero attached hydrogens (tertiary/aromatic N) is 4. The number of rotatable bonds is 6. The Morgan fingerprint density at radius 1 is 0.971 bits per heavy atom. The summed E-state index contributed by atoms with van der Waals surface area (Å²) < 4.78 is 30.9. The smallest absolute Gasteiger partial charge is 0.258 e. The van der Waals surface area contributed by atoms with Gasteiger partial charge in [-0.1, -0.05) is 0 Å². The molecule has 9 heteroatoms. The van der Waals surface area contributed by atoms with Crippen LogP contribution in [0.2, 0.25) is 0 Å². The molecule has 2 aromatic heterocycles. The molecule has 0 N–H and O–H groups in total. The van der Waals surface area contributed by atoms with Crippen molar-refractivity contribution in [3.05, 3.63) is 70.9 Å². The Morgan fingerprint density at radius 2 is 1.71 bits per heavy atom. The van der Waals surface area contributed by atoms with Crippen LogP contribution in [0.25, 0.3) is 5.69 Å². The average molecular weight is 481 g/mol. The summed E-state index contributed by atoms with van der Waals surface area (Å²) in [5, 5.41) is 0. The third kappa shape index (κ3) is 5.14. The summed E-state index contributed by atoms with van der Waals surface area (Å²) in [6.07, 6.45) is 11.9. The van der Waals surface area contributed by atoms with Gasteiger partial charge in [0.15, 0.2) is 9.84 Å². The van der Waals surface area contributed by atoms with Crippen molar-refractivity contribution in [1.82, 2.24) is 14.5 Å². The minimum Gasteiger partial charge on any atom is -0.490 e. The van der Waals surface area contributed by atoms with Crippen molar-refractivity contribution in [1.29, 1.82) is 0 Å². The highest BCUT2D eigenvalue weighted by atomic mass is 32.2. The van der Waals surface area contributed by atoms with Crippen LogP contribution >= 0.6 is 0 Å². The molecule has 3 aromatic rings. The molecule has 1 unspecified atom stereocenters. The second-order valence-corrected chi connectivity index (χ2v) is 11.1. The van der Waals surface area contributed by atoms with Crippen molar-refractivity contribution in [2.45, 2.75) is 49.0 Å². The second kappa shape index (κ2) is 9.21. The van der Waals surface area contributed by atoms with E-state index < -0.39 is 9.84 Å². The summed E-state index contributed by atoms with van der Waals surface area (Å²) in [6.45, 7) is 1.69. The van der Waals surface area contributed by atoms with Crippen molar-refractivity contribution in [3.63, 3.8) is 0 Å². The number of anilines is 1. The molecule has 0 amide bonds. The summed E-state index contributed by atoms with van der Waals surface area (Å²) in [7, 11) is -3.28. The first-order valence-electron chi connectivity index (χ1n) is 11.6. The lowest BCUT2D eigenvalue weighted by atomic mass is 10.1. The zero-order valence-electron chi connectivity index (χ0n) is 19.1. The van der Waals surface area contributed by atoms with Crippen LogP contribution in [0.5, 0.6) is 5.75 Å². The molecule has 178 valence electrons. The number of ether oxygens (including phenoxy) is 1. The van der Waals surface area contributed by atoms with Gasteiger partial charge >= 0.3 is 0 Å². The van der Waals surface area contributed by atoms with E-state index in [1.54, 1.807) is 24.4 Å². The molecule has 0 spiro atoms. The van der Waals surface area contributed by atoms with Crippen molar-refractivity contribution in [2.24, 2.45) is 0 Å². The molecule has 0 bridgehead atoms. The fourth-order valence-corrected chi connectivity index (χ4v) is 4.93. The van der Waals surface area contributed by atoms with Gasteiger partial charge in [-0.05, 0) is 67.5 Å². The van der Waals surface area contributed by atoms with E-state index in [1.165, 1.54) is 41.2 Å². The van der Waals surface area contributed by atoms with Gasteiger partial charge in [-0.2, -0.15) is 0 Å². The average Bonchev–Trinajstić information content (AvgIpc) is 3.67. The first-order valence-corrected chi connectivity index (χ1v) is 13.5. The fraction of sp³-hybridized carbons (Fsp3) is 0.400. The predicted molar refractivity (Wildman–Crippen MR) is 130 cm³/mol. The van der Waals surface area contributed by atoms with Crippen molar-refractivity contribution in [3.8, 4) is 11.4 Å². The molecule has 3 heterocycles. The van der Waals surface area contributed by atoms with Crippen molar-refractivity contribution < 1.29 is 13.2 Å². The van der Waals surface area contributed by atoms with Crippen LogP contribution in [-0.4, -0.2) is 48.4 Å². The highest BCUT2D eigenvalue weighted by molar-refractivity contribution is 7.90. The summed E-state index contributed by atoms with van der Waals surface area (Å²) in [4.78, 5) is 24.3. The Labute approximate surface area is 199 Å². The van der Waals surface area contributed by atoms with E-state index in [4.69, 9.17) is 4.74 Å². The summed E-state index contributed by atoms with van der Waals surface area (Å²) in [5.74, 6) is 1.96. The Hall–Kier alpha value is -3.20. The first-order chi connectivity index (χ1) is 16.4. The molecule has 1 atom stereocenters. The molecule has 1 aromatic carbocycles. The zero-order valence-corrected chi connectivity index (χ0v) is 19.9. The Kier molecular flexibility index (Phi) is 6.12. The van der Waals surface area contributed by atoms with Crippen LogP contribution in [0.1, 0.15) is 43.6 Å². The van der Waals surface area contributed by atoms with Crippen LogP contribution in [0.15, 0.2) is 64.7 Å². The van der Waals surface area contributed by atoms with Gasteiger partial charge in [-0.15, -0.1) is 0 Å². The number of pyridine rings is 1. The van der Waals surface area contributed by atoms with Crippen LogP contribution in [0.4, 0.5) is 5.95 Å². The van der Waals surface area contributed by atoms with Gasteiger partial charge in [0.05, 0.1) is 4.90 Å². The number of hydrogen-bond acceptors (Lipinski definition) is 7. The monoisotopic (exact) mass is 480 g/mol. The van der Waals surface area contributed by atoms with Gasteiger partial charge < -0.3 is 9.64 Å². The van der Waals surface area contributed by atoms with E-state index in [-0.39, 0.29) is 16.6 Å². The van der Waals surface area contributed by atoms with E-state index >= 15 is 0 Å². The third-order valence-corrected chi connectivity index (χ3v) is 7.53. The van der Waals surface area contributed by atoms with E-state index in [0.29, 0.717) is 17.4 Å². The van der Waals surface area contributed by atoms with Crippen LogP contribution in [0.3, 0.4) is 0 Å². The minimum absolute atomic E-state index is 0.0139. The summed E-state index contributed by atoms with van der Waals surface area (Å²) >= 11 is 0. The predicted octanol–water partition coefficient (Wildman–Crippen LogP) is 3.35. The van der Waals surface area contributed by atoms with Gasteiger partial charge in [-0.25, -0.2) is 18.4 Å². The summed E-state index contributed by atoms with van der Waals surface area (Å²) in [6, 6.07) is 9.50. The van der Waals surface area contributed by atoms with Crippen molar-refractivity contribution >= 4 is 15.8 Å². The number of aromatic nitrogens is 3. The van der Waals surface area contributed by atoms with E-state index in [9.17, 15) is 13.2 Å². The second-order valence-electron chi connectivity index (χ2n) is 9.09. The zero-order chi connectivity index (χ0) is 23.7. The molecule has 0 radical (unpaired) electrons. The highest BCUT2D eigenvalue weighted by Gasteiger charge is 2.25. The van der Waals surface area contributed by atoms with Crippen LogP contribution < -0.4 is 15.2 Å². The van der Waals surface area contributed by atoms with Gasteiger partial charge in [0.2, 0.25) is 5.95 Å².